The van der Waals surface area contributed by atoms with Crippen LogP contribution in [0.4, 0.5) is 0 Å². The summed E-state index contributed by atoms with van der Waals surface area (Å²) in [6.45, 7) is 0. The second-order valence-corrected chi connectivity index (χ2v) is 6.97. The third-order valence-corrected chi connectivity index (χ3v) is 5.04. The number of hydrogen-bond donors (Lipinski definition) is 0. The molecule has 0 aliphatic carbocycles. The van der Waals surface area contributed by atoms with Gasteiger partial charge in [0.25, 0.3) is 0 Å². The second-order valence-electron chi connectivity index (χ2n) is 6.06. The Morgan fingerprint density at radius 3 is 2.80 bits per heavy atom. The predicted octanol–water partition coefficient (Wildman–Crippen LogP) is 4.68. The van der Waals surface area contributed by atoms with Crippen molar-refractivity contribution in [2.75, 3.05) is 0 Å². The van der Waals surface area contributed by atoms with Crippen LogP contribution in [0, 0.1) is 0 Å². The number of pyridine rings is 1. The lowest BCUT2D eigenvalue weighted by Gasteiger charge is -2.38. The number of halogens is 1. The fourth-order valence-corrected chi connectivity index (χ4v) is 3.78. The number of rotatable bonds is 2. The SMILES string of the molecule is Brc1ccc2c(c1)C1CC(c3ccco3)=NN1C(c1ccncc1)O2. The molecule has 0 fully saturated rings. The molecule has 1 aromatic carbocycles. The third kappa shape index (κ3) is 2.44. The maximum Gasteiger partial charge on any atom is 0.213 e. The fraction of sp³-hybridized carbons (Fsp3) is 0.158. The third-order valence-electron chi connectivity index (χ3n) is 4.55. The molecule has 5 nitrogen and oxygen atoms in total. The molecule has 0 radical (unpaired) electrons. The van der Waals surface area contributed by atoms with Crippen LogP contribution in [0.2, 0.25) is 0 Å². The van der Waals surface area contributed by atoms with E-state index < -0.39 is 0 Å². The van der Waals surface area contributed by atoms with E-state index in [0.29, 0.717) is 0 Å². The average molecular weight is 396 g/mol. The summed E-state index contributed by atoms with van der Waals surface area (Å²) in [5, 5.41) is 6.86. The number of ether oxygens (including phenoxy) is 1. The summed E-state index contributed by atoms with van der Waals surface area (Å²) < 4.78 is 12.9. The standard InChI is InChI=1S/C19H14BrN3O2/c20-13-3-4-17-14(10-13)16-11-15(18-2-1-9-24-18)22-23(16)19(25-17)12-5-7-21-8-6-12/h1-10,16,19H,11H2. The van der Waals surface area contributed by atoms with Crippen molar-refractivity contribution >= 4 is 21.6 Å². The summed E-state index contributed by atoms with van der Waals surface area (Å²) in [6.07, 6.45) is 5.73. The van der Waals surface area contributed by atoms with Crippen molar-refractivity contribution in [3.63, 3.8) is 0 Å². The zero-order valence-electron chi connectivity index (χ0n) is 13.2. The number of benzene rings is 1. The lowest BCUT2D eigenvalue weighted by Crippen LogP contribution is -2.33. The number of fused-ring (bicyclic) bond motifs is 3. The molecule has 25 heavy (non-hydrogen) atoms. The summed E-state index contributed by atoms with van der Waals surface area (Å²) in [5.74, 6) is 1.70. The monoisotopic (exact) mass is 395 g/mol. The van der Waals surface area contributed by atoms with Crippen molar-refractivity contribution in [2.24, 2.45) is 5.10 Å². The van der Waals surface area contributed by atoms with Crippen LogP contribution < -0.4 is 4.74 Å². The van der Waals surface area contributed by atoms with Crippen LogP contribution in [0.3, 0.4) is 0 Å². The highest BCUT2D eigenvalue weighted by atomic mass is 79.9. The normalized spacial score (nSPS) is 21.3. The van der Waals surface area contributed by atoms with Crippen LogP contribution in [0.25, 0.3) is 0 Å². The molecule has 124 valence electrons. The number of aromatic nitrogens is 1. The van der Waals surface area contributed by atoms with E-state index in [1.165, 1.54) is 0 Å². The Hall–Kier alpha value is -2.60. The molecule has 3 aromatic rings. The zero-order chi connectivity index (χ0) is 16.8. The van der Waals surface area contributed by atoms with Crippen molar-refractivity contribution < 1.29 is 9.15 Å². The van der Waals surface area contributed by atoms with Gasteiger partial charge in [-0.3, -0.25) is 4.98 Å². The first kappa shape index (κ1) is 14.7. The number of furan rings is 1. The fourth-order valence-electron chi connectivity index (χ4n) is 3.40. The molecule has 4 heterocycles. The minimum Gasteiger partial charge on any atom is -0.464 e. The van der Waals surface area contributed by atoms with E-state index in [9.17, 15) is 0 Å². The van der Waals surface area contributed by atoms with Gasteiger partial charge in [-0.15, -0.1) is 0 Å². The highest BCUT2D eigenvalue weighted by Gasteiger charge is 2.41. The topological polar surface area (TPSA) is 50.9 Å². The predicted molar refractivity (Wildman–Crippen MR) is 96.2 cm³/mol. The molecule has 0 saturated heterocycles. The Morgan fingerprint density at radius 2 is 2.00 bits per heavy atom. The molecular weight excluding hydrogens is 382 g/mol. The van der Waals surface area contributed by atoms with Gasteiger partial charge in [-0.1, -0.05) is 15.9 Å². The van der Waals surface area contributed by atoms with Gasteiger partial charge in [0, 0.05) is 34.4 Å². The van der Waals surface area contributed by atoms with Crippen molar-refractivity contribution in [1.29, 1.82) is 0 Å². The first-order valence-corrected chi connectivity index (χ1v) is 8.84. The minimum absolute atomic E-state index is 0.111. The first-order chi connectivity index (χ1) is 12.3. The molecule has 0 spiro atoms. The van der Waals surface area contributed by atoms with E-state index in [4.69, 9.17) is 14.3 Å². The summed E-state index contributed by atoms with van der Waals surface area (Å²) in [6, 6.07) is 14.0. The van der Waals surface area contributed by atoms with Crippen LogP contribution in [0.5, 0.6) is 5.75 Å². The Balaban J connectivity index is 1.62. The van der Waals surface area contributed by atoms with E-state index >= 15 is 0 Å². The number of hydrazone groups is 1. The highest BCUT2D eigenvalue weighted by Crippen LogP contribution is 2.48. The van der Waals surface area contributed by atoms with Gasteiger partial charge < -0.3 is 9.15 Å². The second kappa shape index (κ2) is 5.74. The molecule has 0 amide bonds. The Kier molecular flexibility index (Phi) is 3.38. The lowest BCUT2D eigenvalue weighted by molar-refractivity contribution is -0.0191. The van der Waals surface area contributed by atoms with Gasteiger partial charge in [-0.25, -0.2) is 5.01 Å². The molecule has 0 saturated carbocycles. The van der Waals surface area contributed by atoms with Crippen LogP contribution >= 0.6 is 15.9 Å². The van der Waals surface area contributed by atoms with Crippen molar-refractivity contribution in [3.05, 3.63) is 82.5 Å². The molecular formula is C19H14BrN3O2. The quantitative estimate of drug-likeness (QED) is 0.631. The van der Waals surface area contributed by atoms with Gasteiger partial charge in [-0.2, -0.15) is 5.10 Å². The average Bonchev–Trinajstić information content (AvgIpc) is 3.31. The highest BCUT2D eigenvalue weighted by molar-refractivity contribution is 9.10. The maximum absolute atomic E-state index is 6.29. The molecule has 6 heteroatoms. The molecule has 2 atom stereocenters. The van der Waals surface area contributed by atoms with E-state index in [1.807, 2.05) is 41.4 Å². The van der Waals surface area contributed by atoms with Gasteiger partial charge in [-0.05, 0) is 42.5 Å². The molecule has 5 rings (SSSR count). The van der Waals surface area contributed by atoms with E-state index in [1.54, 1.807) is 18.7 Å². The largest absolute Gasteiger partial charge is 0.464 e. The summed E-state index contributed by atoms with van der Waals surface area (Å²) in [5.41, 5.74) is 3.09. The molecule has 0 bridgehead atoms. The Bertz CT molecular complexity index is 941. The number of nitrogens with zero attached hydrogens (tertiary/aromatic N) is 3. The molecule has 2 aliphatic heterocycles. The molecule has 0 N–H and O–H groups in total. The van der Waals surface area contributed by atoms with Crippen LogP contribution in [-0.4, -0.2) is 15.7 Å². The minimum atomic E-state index is -0.283. The Labute approximate surface area is 153 Å². The smallest absolute Gasteiger partial charge is 0.213 e. The maximum atomic E-state index is 6.29. The van der Waals surface area contributed by atoms with E-state index in [2.05, 4.69) is 27.0 Å². The molecule has 2 unspecified atom stereocenters. The van der Waals surface area contributed by atoms with Crippen molar-refractivity contribution in [1.82, 2.24) is 9.99 Å². The van der Waals surface area contributed by atoms with Gasteiger partial charge in [0.05, 0.1) is 12.3 Å². The van der Waals surface area contributed by atoms with E-state index in [0.717, 1.165) is 39.2 Å². The molecule has 2 aliphatic rings. The zero-order valence-corrected chi connectivity index (χ0v) is 14.8. The summed E-state index contributed by atoms with van der Waals surface area (Å²) in [4.78, 5) is 4.11. The van der Waals surface area contributed by atoms with Gasteiger partial charge in [0.15, 0.2) is 0 Å². The van der Waals surface area contributed by atoms with Crippen LogP contribution in [0.15, 0.2) is 75.1 Å². The first-order valence-electron chi connectivity index (χ1n) is 8.05. The Morgan fingerprint density at radius 1 is 1.12 bits per heavy atom. The van der Waals surface area contributed by atoms with Crippen molar-refractivity contribution in [3.8, 4) is 5.75 Å². The molecule has 2 aromatic heterocycles. The van der Waals surface area contributed by atoms with Crippen LogP contribution in [0.1, 0.15) is 35.6 Å². The van der Waals surface area contributed by atoms with Gasteiger partial charge >= 0.3 is 0 Å². The lowest BCUT2D eigenvalue weighted by atomic mass is 9.97. The summed E-state index contributed by atoms with van der Waals surface area (Å²) >= 11 is 3.56. The van der Waals surface area contributed by atoms with Gasteiger partial charge in [0.2, 0.25) is 6.23 Å². The van der Waals surface area contributed by atoms with Crippen LogP contribution in [-0.2, 0) is 0 Å². The number of hydrogen-bond acceptors (Lipinski definition) is 5. The van der Waals surface area contributed by atoms with E-state index in [-0.39, 0.29) is 12.3 Å². The summed E-state index contributed by atoms with van der Waals surface area (Å²) in [7, 11) is 0. The van der Waals surface area contributed by atoms with Gasteiger partial charge in [0.1, 0.15) is 17.2 Å². The van der Waals surface area contributed by atoms with Crippen molar-refractivity contribution in [2.45, 2.75) is 18.7 Å².